The fraction of sp³-hybridized carbons (Fsp3) is 0.273. The summed E-state index contributed by atoms with van der Waals surface area (Å²) < 4.78 is 35.0. The molecule has 4 aromatic rings. The molecule has 2 fully saturated rings. The molecule has 230 valence electrons. The number of ether oxygens (including phenoxy) is 1. The highest BCUT2D eigenvalue weighted by molar-refractivity contribution is 6.34. The molecule has 2 amide bonds. The van der Waals surface area contributed by atoms with Crippen molar-refractivity contribution in [2.24, 2.45) is 7.05 Å². The lowest BCUT2D eigenvalue weighted by Gasteiger charge is -2.12. The third-order valence-electron chi connectivity index (χ3n) is 7.90. The zero-order valence-corrected chi connectivity index (χ0v) is 25.1. The zero-order chi connectivity index (χ0) is 31.9. The number of carbonyl (C=O) groups is 2. The molecule has 1 atom stereocenters. The van der Waals surface area contributed by atoms with E-state index in [1.807, 2.05) is 11.6 Å². The number of hydrogen-bond acceptors (Lipinski definition) is 6. The average Bonchev–Trinajstić information content (AvgIpc) is 3.39. The van der Waals surface area contributed by atoms with Gasteiger partial charge in [0.15, 0.2) is 5.83 Å². The van der Waals surface area contributed by atoms with Gasteiger partial charge in [-0.1, -0.05) is 42.2 Å². The van der Waals surface area contributed by atoms with E-state index in [0.717, 1.165) is 12.8 Å². The Bertz CT molecular complexity index is 1920. The summed E-state index contributed by atoms with van der Waals surface area (Å²) in [5.41, 5.74) is 9.41. The second-order valence-electron chi connectivity index (χ2n) is 11.2. The van der Waals surface area contributed by atoms with Crippen LogP contribution in [0.3, 0.4) is 0 Å². The molecule has 1 aromatic carbocycles. The number of fused-ring (bicyclic) bond motifs is 1. The lowest BCUT2D eigenvalue weighted by Crippen LogP contribution is -2.31. The van der Waals surface area contributed by atoms with Crippen LogP contribution in [-0.4, -0.2) is 51.3 Å². The largest absolute Gasteiger partial charge is 0.383 e. The molecule has 0 spiro atoms. The number of aryl methyl sites for hydroxylation is 1. The molecule has 1 aliphatic heterocycles. The van der Waals surface area contributed by atoms with Gasteiger partial charge in [-0.25, -0.2) is 18.7 Å². The van der Waals surface area contributed by atoms with Crippen molar-refractivity contribution in [2.45, 2.75) is 37.5 Å². The van der Waals surface area contributed by atoms with Crippen LogP contribution in [0.4, 0.5) is 20.3 Å². The van der Waals surface area contributed by atoms with Crippen LogP contribution in [0.15, 0.2) is 55.1 Å². The first-order valence-corrected chi connectivity index (χ1v) is 14.7. The molecule has 4 N–H and O–H groups in total. The maximum absolute atomic E-state index is 14.1. The van der Waals surface area contributed by atoms with Gasteiger partial charge >= 0.3 is 0 Å². The number of aromatic nitrogens is 3. The normalized spacial score (nSPS) is 16.6. The second-order valence-corrected chi connectivity index (χ2v) is 11.6. The van der Waals surface area contributed by atoms with Gasteiger partial charge in [-0.3, -0.25) is 9.59 Å². The standard InChI is InChI=1S/C33H29ClF2N6O3/c1-18(35)31(43)41-22-8-5-19(6-9-22)28-25(21-14-24(34)27(38-16-21)32(44)40-17-33(36)11-12-33)26-29(42(28)2)20(15-39-30(26)37)7-10-23-4-3-13-45-23/h5-6,8-9,14-16,23H,1,3-4,11-13,17H2,2H3,(H2,37,39)(H,40,44)(H,41,43)/t23-/m1/s1. The number of anilines is 2. The summed E-state index contributed by atoms with van der Waals surface area (Å²) in [6.45, 7) is 3.59. The van der Waals surface area contributed by atoms with Crippen LogP contribution in [0.25, 0.3) is 33.3 Å². The number of carbonyl (C=O) groups excluding carboxylic acids is 2. The van der Waals surface area contributed by atoms with E-state index in [1.54, 1.807) is 36.5 Å². The van der Waals surface area contributed by atoms with Gasteiger partial charge in [0.25, 0.3) is 11.8 Å². The third-order valence-corrected chi connectivity index (χ3v) is 8.19. The smallest absolute Gasteiger partial charge is 0.283 e. The Morgan fingerprint density at radius 1 is 1.22 bits per heavy atom. The van der Waals surface area contributed by atoms with Crippen LogP contribution < -0.4 is 16.4 Å². The van der Waals surface area contributed by atoms with E-state index in [0.29, 0.717) is 64.0 Å². The van der Waals surface area contributed by atoms with Crippen LogP contribution in [0, 0.1) is 11.8 Å². The molecular formula is C33H29ClF2N6O3. The van der Waals surface area contributed by atoms with Crippen molar-refractivity contribution in [1.29, 1.82) is 0 Å². The summed E-state index contributed by atoms with van der Waals surface area (Å²) in [5, 5.41) is 5.69. The van der Waals surface area contributed by atoms with Gasteiger partial charge < -0.3 is 25.7 Å². The number of amides is 2. The van der Waals surface area contributed by atoms with E-state index < -0.39 is 23.3 Å². The maximum Gasteiger partial charge on any atom is 0.283 e. The van der Waals surface area contributed by atoms with Crippen molar-refractivity contribution in [3.63, 3.8) is 0 Å². The van der Waals surface area contributed by atoms with E-state index >= 15 is 0 Å². The van der Waals surface area contributed by atoms with Crippen LogP contribution in [0.2, 0.25) is 5.02 Å². The monoisotopic (exact) mass is 630 g/mol. The van der Waals surface area contributed by atoms with E-state index in [-0.39, 0.29) is 29.2 Å². The van der Waals surface area contributed by atoms with Crippen molar-refractivity contribution in [3.8, 4) is 34.2 Å². The first kappa shape index (κ1) is 30.2. The molecule has 0 radical (unpaired) electrons. The van der Waals surface area contributed by atoms with Crippen molar-refractivity contribution < 1.29 is 23.1 Å². The number of nitrogens with two attached hydrogens (primary N) is 1. The minimum atomic E-state index is -1.37. The molecule has 1 saturated carbocycles. The SMILES string of the molecule is C=C(F)C(=O)Nc1ccc(-c2c(-c3cnc(C(=O)NCC4(F)CC4)c(Cl)c3)c3c(N)ncc(C#C[C@H]4CCCO4)c3n2C)cc1. The number of nitrogens with zero attached hydrogens (tertiary/aromatic N) is 3. The molecule has 4 heterocycles. The fourth-order valence-electron chi connectivity index (χ4n) is 5.36. The summed E-state index contributed by atoms with van der Waals surface area (Å²) in [4.78, 5) is 33.4. The fourth-order valence-corrected chi connectivity index (χ4v) is 5.61. The van der Waals surface area contributed by atoms with Crippen LogP contribution >= 0.6 is 11.6 Å². The number of nitrogen functional groups attached to an aromatic ring is 1. The summed E-state index contributed by atoms with van der Waals surface area (Å²) in [5.74, 6) is 4.03. The third kappa shape index (κ3) is 6.12. The molecular weight excluding hydrogens is 602 g/mol. The molecule has 45 heavy (non-hydrogen) atoms. The van der Waals surface area contributed by atoms with Crippen molar-refractivity contribution >= 4 is 45.8 Å². The number of alkyl halides is 1. The molecule has 0 bridgehead atoms. The van der Waals surface area contributed by atoms with Gasteiger partial charge in [0.1, 0.15) is 23.3 Å². The highest BCUT2D eigenvalue weighted by atomic mass is 35.5. The first-order valence-electron chi connectivity index (χ1n) is 14.3. The Balaban J connectivity index is 1.48. The van der Waals surface area contributed by atoms with Gasteiger partial charge in [0.05, 0.1) is 33.7 Å². The Kier molecular flexibility index (Phi) is 8.03. The number of hydrogen-bond donors (Lipinski definition) is 3. The number of nitrogens with one attached hydrogen (secondary N) is 2. The van der Waals surface area contributed by atoms with E-state index in [9.17, 15) is 18.4 Å². The molecule has 9 nitrogen and oxygen atoms in total. The predicted octanol–water partition coefficient (Wildman–Crippen LogP) is 5.72. The number of pyridine rings is 2. The van der Waals surface area contributed by atoms with Crippen molar-refractivity contribution in [1.82, 2.24) is 19.9 Å². The van der Waals surface area contributed by atoms with E-state index in [2.05, 4.69) is 39.0 Å². The number of benzene rings is 1. The maximum atomic E-state index is 14.1. The van der Waals surface area contributed by atoms with Crippen LogP contribution in [0.1, 0.15) is 41.7 Å². The molecule has 2 aliphatic rings. The molecule has 12 heteroatoms. The lowest BCUT2D eigenvalue weighted by atomic mass is 9.98. The van der Waals surface area contributed by atoms with Crippen LogP contribution in [0.5, 0.6) is 0 Å². The lowest BCUT2D eigenvalue weighted by molar-refractivity contribution is -0.114. The predicted molar refractivity (Wildman–Crippen MR) is 169 cm³/mol. The van der Waals surface area contributed by atoms with Crippen LogP contribution in [-0.2, 0) is 16.6 Å². The molecule has 3 aromatic heterocycles. The van der Waals surface area contributed by atoms with Gasteiger partial charge in [-0.2, -0.15) is 0 Å². The Hall–Kier alpha value is -4.79. The summed E-state index contributed by atoms with van der Waals surface area (Å²) in [6.07, 6.45) is 5.56. The van der Waals surface area contributed by atoms with Gasteiger partial charge in [0.2, 0.25) is 0 Å². The van der Waals surface area contributed by atoms with Crippen molar-refractivity contribution in [2.75, 3.05) is 24.2 Å². The van der Waals surface area contributed by atoms with E-state index in [4.69, 9.17) is 22.1 Å². The Labute approximate surface area is 262 Å². The molecule has 1 aliphatic carbocycles. The second kappa shape index (κ2) is 12.0. The average molecular weight is 631 g/mol. The summed E-state index contributed by atoms with van der Waals surface area (Å²) in [7, 11) is 1.86. The summed E-state index contributed by atoms with van der Waals surface area (Å²) >= 11 is 6.60. The quantitative estimate of drug-likeness (QED) is 0.177. The molecule has 0 unspecified atom stereocenters. The number of rotatable bonds is 7. The molecule has 1 saturated heterocycles. The van der Waals surface area contributed by atoms with Gasteiger partial charge in [-0.15, -0.1) is 0 Å². The van der Waals surface area contributed by atoms with E-state index in [1.165, 1.54) is 6.20 Å². The zero-order valence-electron chi connectivity index (χ0n) is 24.3. The Morgan fingerprint density at radius 2 is 1.98 bits per heavy atom. The topological polar surface area (TPSA) is 124 Å². The number of halogens is 3. The summed E-state index contributed by atoms with van der Waals surface area (Å²) in [6, 6.07) is 8.39. The highest BCUT2D eigenvalue weighted by Crippen LogP contribution is 2.44. The van der Waals surface area contributed by atoms with Gasteiger partial charge in [-0.05, 0) is 49.4 Å². The first-order chi connectivity index (χ1) is 21.5. The highest BCUT2D eigenvalue weighted by Gasteiger charge is 2.43. The van der Waals surface area contributed by atoms with Gasteiger partial charge in [0, 0.05) is 42.9 Å². The van der Waals surface area contributed by atoms with Crippen molar-refractivity contribution in [3.05, 3.63) is 71.4 Å². The minimum absolute atomic E-state index is 0.0322. The molecule has 6 rings (SSSR count). The Morgan fingerprint density at radius 3 is 2.62 bits per heavy atom. The minimum Gasteiger partial charge on any atom is -0.383 e.